The molecule has 0 unspecified atom stereocenters. The minimum atomic E-state index is -2.90. The van der Waals surface area contributed by atoms with Crippen molar-refractivity contribution in [3.05, 3.63) is 23.8 Å². The summed E-state index contributed by atoms with van der Waals surface area (Å²) in [7, 11) is -1.33. The minimum Gasteiger partial charge on any atom is -0.508 e. The smallest absolute Gasteiger partial charge is 0.147 e. The SMILES string of the molecule is COc1ccc(O)c(CNCCCS(C)(=O)=O)c1. The van der Waals surface area contributed by atoms with Crippen LogP contribution in [0.3, 0.4) is 0 Å². The lowest BCUT2D eigenvalue weighted by Crippen LogP contribution is -2.17. The summed E-state index contributed by atoms with van der Waals surface area (Å²) in [5.41, 5.74) is 0.730. The van der Waals surface area contributed by atoms with Gasteiger partial charge in [-0.1, -0.05) is 0 Å². The third-order valence-corrected chi connectivity index (χ3v) is 3.50. The summed E-state index contributed by atoms with van der Waals surface area (Å²) in [5, 5.41) is 12.7. The summed E-state index contributed by atoms with van der Waals surface area (Å²) in [6, 6.07) is 5.01. The molecule has 0 aliphatic rings. The lowest BCUT2D eigenvalue weighted by atomic mass is 10.2. The van der Waals surface area contributed by atoms with Crippen molar-refractivity contribution in [2.75, 3.05) is 25.7 Å². The zero-order chi connectivity index (χ0) is 13.6. The fraction of sp³-hybridized carbons (Fsp3) is 0.500. The fourth-order valence-electron chi connectivity index (χ4n) is 1.51. The molecular weight excluding hydrogens is 254 g/mol. The molecule has 5 nitrogen and oxygen atoms in total. The normalized spacial score (nSPS) is 11.4. The minimum absolute atomic E-state index is 0.171. The molecule has 0 aliphatic carbocycles. The second-order valence-corrected chi connectivity index (χ2v) is 6.41. The largest absolute Gasteiger partial charge is 0.508 e. The molecule has 0 fully saturated rings. The summed E-state index contributed by atoms with van der Waals surface area (Å²) in [5.74, 6) is 1.05. The molecule has 0 heterocycles. The average molecular weight is 273 g/mol. The molecule has 2 N–H and O–H groups in total. The van der Waals surface area contributed by atoms with Crippen LogP contribution in [0.4, 0.5) is 0 Å². The van der Waals surface area contributed by atoms with Gasteiger partial charge in [0.1, 0.15) is 21.3 Å². The van der Waals surface area contributed by atoms with Gasteiger partial charge in [-0.15, -0.1) is 0 Å². The molecule has 0 aromatic heterocycles. The molecule has 6 heteroatoms. The molecule has 1 aromatic rings. The molecule has 0 spiro atoms. The number of aromatic hydroxyl groups is 1. The Morgan fingerprint density at radius 1 is 1.39 bits per heavy atom. The number of phenolic OH excluding ortho intramolecular Hbond substituents is 1. The Kier molecular flexibility index (Phi) is 5.43. The van der Waals surface area contributed by atoms with E-state index in [-0.39, 0.29) is 11.5 Å². The average Bonchev–Trinajstić information content (AvgIpc) is 2.29. The van der Waals surface area contributed by atoms with Crippen LogP contribution in [0.15, 0.2) is 18.2 Å². The maximum atomic E-state index is 10.9. The van der Waals surface area contributed by atoms with Crippen molar-refractivity contribution in [2.45, 2.75) is 13.0 Å². The summed E-state index contributed by atoms with van der Waals surface area (Å²) < 4.78 is 26.9. The van der Waals surface area contributed by atoms with Crippen LogP contribution in [0.25, 0.3) is 0 Å². The second kappa shape index (κ2) is 6.61. The first-order chi connectivity index (χ1) is 8.42. The number of hydrogen-bond donors (Lipinski definition) is 2. The van der Waals surface area contributed by atoms with E-state index in [1.807, 2.05) is 0 Å². The second-order valence-electron chi connectivity index (χ2n) is 4.15. The Balaban J connectivity index is 2.39. The molecule has 1 aromatic carbocycles. The number of hydrogen-bond acceptors (Lipinski definition) is 5. The Morgan fingerprint density at radius 3 is 2.72 bits per heavy atom. The van der Waals surface area contributed by atoms with Crippen molar-refractivity contribution >= 4 is 9.84 Å². The van der Waals surface area contributed by atoms with Crippen LogP contribution in [0, 0.1) is 0 Å². The zero-order valence-electron chi connectivity index (χ0n) is 10.6. The summed E-state index contributed by atoms with van der Waals surface area (Å²) in [6.07, 6.45) is 1.78. The highest BCUT2D eigenvalue weighted by molar-refractivity contribution is 7.90. The number of methoxy groups -OCH3 is 1. The van der Waals surface area contributed by atoms with Gasteiger partial charge in [0.05, 0.1) is 12.9 Å². The van der Waals surface area contributed by atoms with Gasteiger partial charge in [-0.2, -0.15) is 0 Å². The predicted molar refractivity (Wildman–Crippen MR) is 70.7 cm³/mol. The van der Waals surface area contributed by atoms with Crippen LogP contribution in [0.2, 0.25) is 0 Å². The zero-order valence-corrected chi connectivity index (χ0v) is 11.5. The van der Waals surface area contributed by atoms with Gasteiger partial charge in [0.25, 0.3) is 0 Å². The molecule has 0 bridgehead atoms. The van der Waals surface area contributed by atoms with Crippen molar-refractivity contribution in [1.29, 1.82) is 0 Å². The van der Waals surface area contributed by atoms with Gasteiger partial charge in [-0.3, -0.25) is 0 Å². The van der Waals surface area contributed by atoms with Crippen molar-refractivity contribution in [3.63, 3.8) is 0 Å². The van der Waals surface area contributed by atoms with Crippen LogP contribution in [0.1, 0.15) is 12.0 Å². The topological polar surface area (TPSA) is 75.6 Å². The molecule has 0 saturated heterocycles. The van der Waals surface area contributed by atoms with E-state index >= 15 is 0 Å². The first-order valence-corrected chi connectivity index (χ1v) is 7.73. The van der Waals surface area contributed by atoms with E-state index < -0.39 is 9.84 Å². The standard InChI is InChI=1S/C12H19NO4S/c1-17-11-4-5-12(14)10(8-11)9-13-6-3-7-18(2,15)16/h4-5,8,13-14H,3,6-7,9H2,1-2H3. The van der Waals surface area contributed by atoms with Gasteiger partial charge in [-0.05, 0) is 31.2 Å². The maximum Gasteiger partial charge on any atom is 0.147 e. The highest BCUT2D eigenvalue weighted by Crippen LogP contribution is 2.22. The third-order valence-electron chi connectivity index (χ3n) is 2.47. The van der Waals surface area contributed by atoms with Crippen LogP contribution < -0.4 is 10.1 Å². The summed E-state index contributed by atoms with van der Waals surface area (Å²) in [6.45, 7) is 1.07. The van der Waals surface area contributed by atoms with E-state index in [4.69, 9.17) is 4.74 Å². The number of ether oxygens (including phenoxy) is 1. The predicted octanol–water partition coefficient (Wildman–Crippen LogP) is 0.925. The number of benzene rings is 1. The number of rotatable bonds is 7. The number of sulfone groups is 1. The molecule has 0 radical (unpaired) electrons. The molecule has 0 aliphatic heterocycles. The van der Waals surface area contributed by atoms with Crippen LogP contribution in [0.5, 0.6) is 11.5 Å². The fourth-order valence-corrected chi connectivity index (χ4v) is 2.18. The van der Waals surface area contributed by atoms with Crippen LogP contribution in [-0.2, 0) is 16.4 Å². The molecular formula is C12H19NO4S. The van der Waals surface area contributed by atoms with E-state index in [2.05, 4.69) is 5.32 Å². The Labute approximate surface area is 108 Å². The summed E-state index contributed by atoms with van der Waals surface area (Å²) >= 11 is 0. The summed E-state index contributed by atoms with van der Waals surface area (Å²) in [4.78, 5) is 0. The van der Waals surface area contributed by atoms with Gasteiger partial charge >= 0.3 is 0 Å². The molecule has 102 valence electrons. The molecule has 18 heavy (non-hydrogen) atoms. The molecule has 1 rings (SSSR count). The third kappa shape index (κ3) is 5.37. The Morgan fingerprint density at radius 2 is 2.11 bits per heavy atom. The van der Waals surface area contributed by atoms with Crippen LogP contribution in [-0.4, -0.2) is 39.2 Å². The van der Waals surface area contributed by atoms with Gasteiger partial charge in [-0.25, -0.2) is 8.42 Å². The van der Waals surface area contributed by atoms with Crippen molar-refractivity contribution in [2.24, 2.45) is 0 Å². The van der Waals surface area contributed by atoms with Crippen LogP contribution >= 0.6 is 0 Å². The van der Waals surface area contributed by atoms with Gasteiger partial charge in [0.15, 0.2) is 0 Å². The maximum absolute atomic E-state index is 10.9. The number of nitrogens with one attached hydrogen (secondary N) is 1. The van der Waals surface area contributed by atoms with Gasteiger partial charge in [0.2, 0.25) is 0 Å². The van der Waals surface area contributed by atoms with E-state index in [0.717, 1.165) is 5.56 Å². The van der Waals surface area contributed by atoms with Crippen molar-refractivity contribution in [1.82, 2.24) is 5.32 Å². The lowest BCUT2D eigenvalue weighted by molar-refractivity contribution is 0.410. The molecule has 0 amide bonds. The highest BCUT2D eigenvalue weighted by Gasteiger charge is 2.04. The van der Waals surface area contributed by atoms with Crippen molar-refractivity contribution < 1.29 is 18.3 Å². The Hall–Kier alpha value is -1.27. The van der Waals surface area contributed by atoms with E-state index in [9.17, 15) is 13.5 Å². The van der Waals surface area contributed by atoms with E-state index in [1.54, 1.807) is 25.3 Å². The monoisotopic (exact) mass is 273 g/mol. The van der Waals surface area contributed by atoms with E-state index in [0.29, 0.717) is 25.3 Å². The molecule has 0 saturated carbocycles. The van der Waals surface area contributed by atoms with Gasteiger partial charge < -0.3 is 15.2 Å². The quantitative estimate of drug-likeness (QED) is 0.723. The van der Waals surface area contributed by atoms with Crippen molar-refractivity contribution in [3.8, 4) is 11.5 Å². The Bertz CT molecular complexity index is 485. The first kappa shape index (κ1) is 14.8. The van der Waals surface area contributed by atoms with Gasteiger partial charge in [0, 0.05) is 18.4 Å². The first-order valence-electron chi connectivity index (χ1n) is 5.66. The lowest BCUT2D eigenvalue weighted by Gasteiger charge is -2.08. The highest BCUT2D eigenvalue weighted by atomic mass is 32.2. The van der Waals surface area contributed by atoms with E-state index in [1.165, 1.54) is 6.26 Å². The molecule has 0 atom stereocenters. The number of phenols is 1.